The van der Waals surface area contributed by atoms with Crippen molar-refractivity contribution in [2.45, 2.75) is 51.3 Å². The van der Waals surface area contributed by atoms with Gasteiger partial charge in [0.25, 0.3) is 0 Å². The zero-order valence-electron chi connectivity index (χ0n) is 16.3. The highest BCUT2D eigenvalue weighted by Gasteiger charge is 2.21. The molecule has 0 spiro atoms. The van der Waals surface area contributed by atoms with Gasteiger partial charge in [0.2, 0.25) is 0 Å². The molecule has 0 amide bonds. The number of benzene rings is 2. The molecule has 2 aromatic carbocycles. The van der Waals surface area contributed by atoms with Crippen LogP contribution < -0.4 is 4.74 Å². The summed E-state index contributed by atoms with van der Waals surface area (Å²) in [6.07, 6.45) is 4.38. The van der Waals surface area contributed by atoms with Crippen LogP contribution in [0.25, 0.3) is 0 Å². The molecule has 3 heteroatoms. The third kappa shape index (κ3) is 6.66. The summed E-state index contributed by atoms with van der Waals surface area (Å²) < 4.78 is 11.5. The van der Waals surface area contributed by atoms with E-state index < -0.39 is 0 Å². The van der Waals surface area contributed by atoms with E-state index in [1.54, 1.807) is 0 Å². The standard InChI is InChI=1S/C23H31ClO2/c1-4-5-10-19-11-9-14-22(23(2,3)24)21(19)15-16-25-17-18-26-20-12-7-6-8-13-20/h6-9,11-14H,4-5,10,15-18H2,1-3H3. The Labute approximate surface area is 163 Å². The highest BCUT2D eigenvalue weighted by Crippen LogP contribution is 2.33. The number of rotatable bonds is 11. The first-order valence-corrected chi connectivity index (χ1v) is 9.96. The lowest BCUT2D eigenvalue weighted by Crippen LogP contribution is -2.15. The van der Waals surface area contributed by atoms with Crippen molar-refractivity contribution < 1.29 is 9.47 Å². The summed E-state index contributed by atoms with van der Waals surface area (Å²) in [4.78, 5) is -0.367. The van der Waals surface area contributed by atoms with Crippen LogP contribution in [0.1, 0.15) is 50.3 Å². The number of ether oxygens (including phenoxy) is 2. The first-order chi connectivity index (χ1) is 12.5. The molecule has 0 N–H and O–H groups in total. The van der Waals surface area contributed by atoms with Crippen LogP contribution in [0.5, 0.6) is 5.75 Å². The fraction of sp³-hybridized carbons (Fsp3) is 0.478. The van der Waals surface area contributed by atoms with Crippen molar-refractivity contribution in [2.75, 3.05) is 19.8 Å². The van der Waals surface area contributed by atoms with Gasteiger partial charge >= 0.3 is 0 Å². The molecule has 26 heavy (non-hydrogen) atoms. The molecule has 2 aromatic rings. The lowest BCUT2D eigenvalue weighted by molar-refractivity contribution is 0.102. The van der Waals surface area contributed by atoms with E-state index in [4.69, 9.17) is 21.1 Å². The molecule has 0 bridgehead atoms. The molecule has 0 heterocycles. The van der Waals surface area contributed by atoms with Gasteiger partial charge in [-0.05, 0) is 61.9 Å². The fourth-order valence-electron chi connectivity index (χ4n) is 3.10. The average Bonchev–Trinajstić information content (AvgIpc) is 2.63. The molecule has 2 rings (SSSR count). The Kier molecular flexibility index (Phi) is 8.47. The molecule has 0 radical (unpaired) electrons. The normalized spacial score (nSPS) is 11.5. The summed E-state index contributed by atoms with van der Waals surface area (Å²) in [5, 5.41) is 0. The second kappa shape index (κ2) is 10.6. The summed E-state index contributed by atoms with van der Waals surface area (Å²) in [7, 11) is 0. The molecule has 0 saturated heterocycles. The molecular weight excluding hydrogens is 344 g/mol. The Balaban J connectivity index is 1.88. The smallest absolute Gasteiger partial charge is 0.119 e. The number of unbranched alkanes of at least 4 members (excludes halogenated alkanes) is 1. The summed E-state index contributed by atoms with van der Waals surface area (Å²) in [6.45, 7) is 8.18. The lowest BCUT2D eigenvalue weighted by Gasteiger charge is -2.23. The molecule has 0 atom stereocenters. The number of para-hydroxylation sites is 1. The molecule has 0 aromatic heterocycles. The van der Waals surface area contributed by atoms with Crippen LogP contribution in [0.3, 0.4) is 0 Å². The third-order valence-corrected chi connectivity index (χ3v) is 4.65. The van der Waals surface area contributed by atoms with Gasteiger partial charge < -0.3 is 9.47 Å². The molecule has 2 nitrogen and oxygen atoms in total. The molecule has 0 fully saturated rings. The molecule has 0 saturated carbocycles. The van der Waals surface area contributed by atoms with E-state index in [1.807, 2.05) is 30.3 Å². The summed E-state index contributed by atoms with van der Waals surface area (Å²) in [5.41, 5.74) is 3.98. The monoisotopic (exact) mass is 374 g/mol. The second-order valence-electron chi connectivity index (χ2n) is 7.04. The third-order valence-electron chi connectivity index (χ3n) is 4.45. The summed E-state index contributed by atoms with van der Waals surface area (Å²) >= 11 is 6.64. The minimum Gasteiger partial charge on any atom is -0.491 e. The number of aryl methyl sites for hydroxylation is 1. The van der Waals surface area contributed by atoms with Gasteiger partial charge in [-0.3, -0.25) is 0 Å². The Morgan fingerprint density at radius 2 is 1.65 bits per heavy atom. The zero-order valence-corrected chi connectivity index (χ0v) is 17.0. The predicted molar refractivity (Wildman–Crippen MR) is 110 cm³/mol. The van der Waals surface area contributed by atoms with E-state index >= 15 is 0 Å². The minimum atomic E-state index is -0.367. The largest absolute Gasteiger partial charge is 0.491 e. The molecular formula is C23H31ClO2. The van der Waals surface area contributed by atoms with Crippen molar-refractivity contribution in [1.82, 2.24) is 0 Å². The molecule has 0 aliphatic heterocycles. The maximum atomic E-state index is 6.64. The van der Waals surface area contributed by atoms with Crippen LogP contribution in [0.15, 0.2) is 48.5 Å². The Morgan fingerprint density at radius 1 is 0.885 bits per heavy atom. The van der Waals surface area contributed by atoms with Gasteiger partial charge in [-0.1, -0.05) is 49.7 Å². The van der Waals surface area contributed by atoms with E-state index in [9.17, 15) is 0 Å². The first-order valence-electron chi connectivity index (χ1n) is 9.58. The second-order valence-corrected chi connectivity index (χ2v) is 7.99. The van der Waals surface area contributed by atoms with E-state index in [-0.39, 0.29) is 4.87 Å². The van der Waals surface area contributed by atoms with Crippen molar-refractivity contribution in [1.29, 1.82) is 0 Å². The quantitative estimate of drug-likeness (QED) is 0.347. The van der Waals surface area contributed by atoms with Crippen molar-refractivity contribution >= 4 is 11.6 Å². The van der Waals surface area contributed by atoms with Gasteiger partial charge in [-0.2, -0.15) is 0 Å². The number of hydrogen-bond acceptors (Lipinski definition) is 2. The van der Waals surface area contributed by atoms with Crippen molar-refractivity contribution in [3.05, 3.63) is 65.2 Å². The highest BCUT2D eigenvalue weighted by molar-refractivity contribution is 6.23. The molecule has 0 unspecified atom stereocenters. The van der Waals surface area contributed by atoms with Gasteiger partial charge in [-0.25, -0.2) is 0 Å². The molecule has 0 aliphatic carbocycles. The predicted octanol–water partition coefficient (Wildman–Crippen LogP) is 6.14. The van der Waals surface area contributed by atoms with E-state index in [0.29, 0.717) is 19.8 Å². The van der Waals surface area contributed by atoms with Crippen LogP contribution in [0.4, 0.5) is 0 Å². The van der Waals surface area contributed by atoms with Crippen LogP contribution in [-0.4, -0.2) is 19.8 Å². The highest BCUT2D eigenvalue weighted by atomic mass is 35.5. The van der Waals surface area contributed by atoms with Gasteiger partial charge in [-0.15, -0.1) is 11.6 Å². The van der Waals surface area contributed by atoms with Crippen LogP contribution in [0.2, 0.25) is 0 Å². The maximum Gasteiger partial charge on any atom is 0.119 e. The van der Waals surface area contributed by atoms with E-state index in [0.717, 1.165) is 18.6 Å². The first kappa shape index (κ1) is 20.8. The Morgan fingerprint density at radius 3 is 2.35 bits per heavy atom. The SMILES string of the molecule is CCCCc1cccc(C(C)(C)Cl)c1CCOCCOc1ccccc1. The molecule has 142 valence electrons. The minimum absolute atomic E-state index is 0.367. The fourth-order valence-corrected chi connectivity index (χ4v) is 3.28. The number of halogens is 1. The summed E-state index contributed by atoms with van der Waals surface area (Å²) in [5.74, 6) is 0.882. The average molecular weight is 375 g/mol. The van der Waals surface area contributed by atoms with E-state index in [2.05, 4.69) is 39.0 Å². The number of hydrogen-bond donors (Lipinski definition) is 0. The van der Waals surface area contributed by atoms with Crippen LogP contribution in [-0.2, 0) is 22.5 Å². The van der Waals surface area contributed by atoms with Gasteiger partial charge in [0, 0.05) is 0 Å². The number of alkyl halides is 1. The van der Waals surface area contributed by atoms with Crippen molar-refractivity contribution in [3.63, 3.8) is 0 Å². The Hall–Kier alpha value is -1.51. The maximum absolute atomic E-state index is 6.64. The van der Waals surface area contributed by atoms with Gasteiger partial charge in [0.15, 0.2) is 0 Å². The lowest BCUT2D eigenvalue weighted by atomic mass is 9.89. The zero-order chi connectivity index (χ0) is 18.8. The van der Waals surface area contributed by atoms with Gasteiger partial charge in [0.05, 0.1) is 18.1 Å². The Bertz CT molecular complexity index is 647. The van der Waals surface area contributed by atoms with E-state index in [1.165, 1.54) is 29.5 Å². The van der Waals surface area contributed by atoms with Crippen molar-refractivity contribution in [3.8, 4) is 5.75 Å². The molecule has 0 aliphatic rings. The van der Waals surface area contributed by atoms with Crippen LogP contribution in [0, 0.1) is 0 Å². The van der Waals surface area contributed by atoms with Crippen LogP contribution >= 0.6 is 11.6 Å². The van der Waals surface area contributed by atoms with Gasteiger partial charge in [0.1, 0.15) is 12.4 Å². The topological polar surface area (TPSA) is 18.5 Å². The summed E-state index contributed by atoms with van der Waals surface area (Å²) in [6, 6.07) is 16.3. The van der Waals surface area contributed by atoms with Crippen molar-refractivity contribution in [2.24, 2.45) is 0 Å².